The van der Waals surface area contributed by atoms with Gasteiger partial charge >= 0.3 is 0 Å². The number of rotatable bonds is 8. The molecule has 0 fully saturated rings. The van der Waals surface area contributed by atoms with Crippen molar-refractivity contribution < 1.29 is 24.0 Å². The molecule has 194 valence electrons. The van der Waals surface area contributed by atoms with Gasteiger partial charge in [0.25, 0.3) is 11.8 Å². The lowest BCUT2D eigenvalue weighted by Gasteiger charge is -2.11. The van der Waals surface area contributed by atoms with Crippen LogP contribution in [0.3, 0.4) is 0 Å². The fourth-order valence-corrected chi connectivity index (χ4v) is 3.57. The van der Waals surface area contributed by atoms with E-state index in [0.717, 1.165) is 10.9 Å². The predicted octanol–water partition coefficient (Wildman–Crippen LogP) is 4.73. The molecule has 0 unspecified atom stereocenters. The lowest BCUT2D eigenvalue weighted by atomic mass is 10.1. The van der Waals surface area contributed by atoms with Gasteiger partial charge in [-0.25, -0.2) is 5.48 Å². The summed E-state index contributed by atoms with van der Waals surface area (Å²) >= 11 is 0. The quantitative estimate of drug-likeness (QED) is 0.183. The summed E-state index contributed by atoms with van der Waals surface area (Å²) in [5.74, 6) is -0.0372. The fraction of sp³-hybridized carbons (Fsp3) is 0.241. The first-order valence-corrected chi connectivity index (χ1v) is 11.9. The molecule has 0 saturated heterocycles. The topological polar surface area (TPSA) is 104 Å². The van der Waals surface area contributed by atoms with E-state index >= 15 is 0 Å². The Bertz CT molecular complexity index is 1290. The van der Waals surface area contributed by atoms with Gasteiger partial charge in [-0.1, -0.05) is 53.6 Å². The average molecular weight is 504 g/mol. The van der Waals surface area contributed by atoms with Crippen molar-refractivity contribution in [2.45, 2.75) is 20.4 Å². The maximum atomic E-state index is 12.6. The molecule has 8 nitrogen and oxygen atoms in total. The Morgan fingerprint density at radius 2 is 1.51 bits per heavy atom. The minimum Gasteiger partial charge on any atom is -0.492 e. The van der Waals surface area contributed by atoms with Crippen LogP contribution in [0.2, 0.25) is 0 Å². The third-order valence-corrected chi connectivity index (χ3v) is 5.47. The van der Waals surface area contributed by atoms with Gasteiger partial charge in [0.2, 0.25) is 0 Å². The van der Waals surface area contributed by atoms with Crippen LogP contribution in [0.4, 0.5) is 0 Å². The summed E-state index contributed by atoms with van der Waals surface area (Å²) in [4.78, 5) is 25.9. The molecule has 0 atom stereocenters. The summed E-state index contributed by atoms with van der Waals surface area (Å²) in [6.07, 6.45) is 0. The van der Waals surface area contributed by atoms with Crippen LogP contribution in [-0.2, 0) is 6.54 Å². The Morgan fingerprint density at radius 1 is 0.892 bits per heavy atom. The molecule has 8 heteroatoms. The van der Waals surface area contributed by atoms with Gasteiger partial charge in [-0.05, 0) is 58.3 Å². The number of nitrogens with zero attached hydrogens (tertiary/aromatic N) is 1. The van der Waals surface area contributed by atoms with Gasteiger partial charge in [-0.15, -0.1) is 0 Å². The molecule has 2 amide bonds. The van der Waals surface area contributed by atoms with Crippen LogP contribution in [0.1, 0.15) is 37.6 Å². The molecular weight excluding hydrogens is 470 g/mol. The van der Waals surface area contributed by atoms with Crippen molar-refractivity contribution in [2.75, 3.05) is 27.2 Å². The molecule has 1 heterocycles. The molecule has 0 aliphatic heterocycles. The van der Waals surface area contributed by atoms with Gasteiger partial charge in [0.05, 0.1) is 6.54 Å². The molecule has 3 aromatic carbocycles. The van der Waals surface area contributed by atoms with Crippen molar-refractivity contribution in [3.05, 3.63) is 101 Å². The van der Waals surface area contributed by atoms with Gasteiger partial charge in [0.1, 0.15) is 17.9 Å². The number of fused-ring (bicyclic) bond motifs is 1. The highest BCUT2D eigenvalue weighted by Crippen LogP contribution is 2.26. The molecule has 0 spiro atoms. The molecule has 0 radical (unpaired) electrons. The molecule has 3 N–H and O–H groups in total. The zero-order valence-corrected chi connectivity index (χ0v) is 21.6. The largest absolute Gasteiger partial charge is 0.492 e. The highest BCUT2D eigenvalue weighted by Gasteiger charge is 2.20. The number of hydrogen-bond donors (Lipinski definition) is 3. The van der Waals surface area contributed by atoms with E-state index < -0.39 is 5.91 Å². The zero-order valence-electron chi connectivity index (χ0n) is 21.6. The molecule has 4 aromatic rings. The summed E-state index contributed by atoms with van der Waals surface area (Å²) in [7, 11) is 3.87. The Balaban J connectivity index is 0.000000405. The van der Waals surface area contributed by atoms with Crippen molar-refractivity contribution in [3.8, 4) is 5.75 Å². The Kier molecular flexibility index (Phi) is 9.83. The number of hydrogen-bond acceptors (Lipinski definition) is 6. The van der Waals surface area contributed by atoms with E-state index in [1.807, 2.05) is 43.3 Å². The third kappa shape index (κ3) is 7.93. The molecule has 0 bridgehead atoms. The van der Waals surface area contributed by atoms with Crippen LogP contribution >= 0.6 is 0 Å². The number of furan rings is 1. The lowest BCUT2D eigenvalue weighted by Crippen LogP contribution is -2.29. The van der Waals surface area contributed by atoms with Gasteiger partial charge in [-0.2, -0.15) is 0 Å². The maximum absolute atomic E-state index is 12.6. The Morgan fingerprint density at radius 3 is 2.11 bits per heavy atom. The molecule has 0 aliphatic carbocycles. The van der Waals surface area contributed by atoms with Gasteiger partial charge in [-0.3, -0.25) is 14.8 Å². The van der Waals surface area contributed by atoms with E-state index in [1.54, 1.807) is 17.6 Å². The van der Waals surface area contributed by atoms with Crippen molar-refractivity contribution in [2.24, 2.45) is 0 Å². The van der Waals surface area contributed by atoms with Crippen molar-refractivity contribution in [3.63, 3.8) is 0 Å². The van der Waals surface area contributed by atoms with Crippen LogP contribution in [0.5, 0.6) is 5.75 Å². The molecular formula is C29H33N3O5. The van der Waals surface area contributed by atoms with E-state index in [9.17, 15) is 9.59 Å². The van der Waals surface area contributed by atoms with Gasteiger partial charge in [0.15, 0.2) is 5.76 Å². The van der Waals surface area contributed by atoms with Gasteiger partial charge < -0.3 is 19.4 Å². The van der Waals surface area contributed by atoms with Crippen LogP contribution in [0.25, 0.3) is 11.0 Å². The van der Waals surface area contributed by atoms with E-state index in [-0.39, 0.29) is 19.1 Å². The highest BCUT2D eigenvalue weighted by atomic mass is 16.5. The number of amides is 2. The number of carbonyl (C=O) groups excluding carboxylic acids is 2. The smallest absolute Gasteiger partial charge is 0.287 e. The Labute approximate surface area is 216 Å². The molecule has 37 heavy (non-hydrogen) atoms. The number of ether oxygens (including phenoxy) is 1. The maximum Gasteiger partial charge on any atom is 0.287 e. The summed E-state index contributed by atoms with van der Waals surface area (Å²) in [6, 6.07) is 22.3. The normalized spacial score (nSPS) is 10.5. The van der Waals surface area contributed by atoms with E-state index in [2.05, 4.69) is 43.4 Å². The number of benzene rings is 3. The second kappa shape index (κ2) is 13.2. The monoisotopic (exact) mass is 503 g/mol. The first-order chi connectivity index (χ1) is 17.8. The van der Waals surface area contributed by atoms with E-state index in [4.69, 9.17) is 14.4 Å². The summed E-state index contributed by atoms with van der Waals surface area (Å²) in [5, 5.41) is 12.3. The molecule has 4 rings (SSSR count). The standard InChI is InChI=1S/C21H23N3O5.C8H10/c1-24(2)13-17-16-5-3-4-6-18(16)29-19(17)21(26)22-11-12-28-15-9-7-14(8-10-15)20(25)23-27;1-7-3-5-8(2)6-4-7/h3-10,27H,11-13H2,1-2H3,(H,22,26)(H,23,25);3-6H,1-2H3. The number of para-hydroxylation sites is 1. The zero-order chi connectivity index (χ0) is 26.8. The molecule has 1 aromatic heterocycles. The molecule has 0 saturated carbocycles. The highest BCUT2D eigenvalue weighted by molar-refractivity contribution is 5.99. The van der Waals surface area contributed by atoms with Crippen LogP contribution < -0.4 is 15.5 Å². The minimum absolute atomic E-state index is 0.251. The number of carbonyl (C=O) groups is 2. The summed E-state index contributed by atoms with van der Waals surface area (Å²) in [5.41, 5.74) is 6.07. The van der Waals surface area contributed by atoms with Gasteiger partial charge in [0, 0.05) is 23.1 Å². The molecule has 0 aliphatic rings. The van der Waals surface area contributed by atoms with Crippen molar-refractivity contribution in [1.29, 1.82) is 0 Å². The lowest BCUT2D eigenvalue weighted by molar-refractivity contribution is 0.0706. The van der Waals surface area contributed by atoms with E-state index in [0.29, 0.717) is 29.2 Å². The number of nitrogens with one attached hydrogen (secondary N) is 2. The van der Waals surface area contributed by atoms with E-state index in [1.165, 1.54) is 23.3 Å². The second-order valence-electron chi connectivity index (χ2n) is 8.87. The van der Waals surface area contributed by atoms with Crippen molar-refractivity contribution >= 4 is 22.8 Å². The fourth-order valence-electron chi connectivity index (χ4n) is 3.57. The minimum atomic E-state index is -0.594. The van der Waals surface area contributed by atoms with Crippen molar-refractivity contribution in [1.82, 2.24) is 15.7 Å². The average Bonchev–Trinajstić information content (AvgIpc) is 3.26. The SMILES string of the molecule is CN(C)Cc1c(C(=O)NCCOc2ccc(C(=O)NO)cc2)oc2ccccc12.Cc1ccc(C)cc1. The van der Waals surface area contributed by atoms with Crippen LogP contribution in [0, 0.1) is 13.8 Å². The Hall–Kier alpha value is -4.14. The summed E-state index contributed by atoms with van der Waals surface area (Å²) < 4.78 is 11.4. The summed E-state index contributed by atoms with van der Waals surface area (Å²) in [6.45, 7) is 5.32. The first kappa shape index (κ1) is 27.4. The predicted molar refractivity (Wildman–Crippen MR) is 143 cm³/mol. The first-order valence-electron chi connectivity index (χ1n) is 11.9. The van der Waals surface area contributed by atoms with Crippen LogP contribution in [-0.4, -0.2) is 49.2 Å². The number of aryl methyl sites for hydroxylation is 2. The van der Waals surface area contributed by atoms with Crippen LogP contribution in [0.15, 0.2) is 77.2 Å². The third-order valence-electron chi connectivity index (χ3n) is 5.47. The second-order valence-corrected chi connectivity index (χ2v) is 8.87. The number of hydroxylamine groups is 1.